The van der Waals surface area contributed by atoms with E-state index in [9.17, 15) is 9.90 Å². The Labute approximate surface area is 125 Å². The summed E-state index contributed by atoms with van der Waals surface area (Å²) in [6.07, 6.45) is -0.720. The zero-order valence-corrected chi connectivity index (χ0v) is 12.6. The molecule has 5 nitrogen and oxygen atoms in total. The third-order valence-electron chi connectivity index (χ3n) is 2.83. The van der Waals surface area contributed by atoms with E-state index < -0.39 is 6.10 Å². The highest BCUT2D eigenvalue weighted by Gasteiger charge is 2.16. The van der Waals surface area contributed by atoms with Gasteiger partial charge in [0.05, 0.1) is 12.7 Å². The minimum atomic E-state index is -0.720. The number of aryl methyl sites for hydroxylation is 1. The smallest absolute Gasteiger partial charge is 0.253 e. The predicted octanol–water partition coefficient (Wildman–Crippen LogP) is 0.418. The van der Waals surface area contributed by atoms with Gasteiger partial charge >= 0.3 is 0 Å². The quantitative estimate of drug-likeness (QED) is 0.771. The van der Waals surface area contributed by atoms with Crippen molar-refractivity contribution in [3.63, 3.8) is 0 Å². The van der Waals surface area contributed by atoms with Crippen molar-refractivity contribution in [1.82, 2.24) is 4.90 Å². The lowest BCUT2D eigenvalue weighted by molar-refractivity contribution is 0.0380. The fourth-order valence-corrected chi connectivity index (χ4v) is 1.98. The molecule has 0 aromatic heterocycles. The maximum atomic E-state index is 12.3. The number of aliphatic hydroxyl groups is 2. The van der Waals surface area contributed by atoms with Crippen LogP contribution in [0.3, 0.4) is 0 Å². The topological polar surface area (TPSA) is 70.0 Å². The minimum Gasteiger partial charge on any atom is -0.389 e. The zero-order valence-electron chi connectivity index (χ0n) is 12.6. The molecule has 1 atom stereocenters. The molecule has 0 fully saturated rings. The lowest BCUT2D eigenvalue weighted by atomic mass is 10.1. The average Bonchev–Trinajstić information content (AvgIpc) is 2.43. The Balaban J connectivity index is 2.88. The number of aliphatic hydroxyl groups excluding tert-OH is 2. The van der Waals surface area contributed by atoms with Crippen LogP contribution in [0.5, 0.6) is 0 Å². The van der Waals surface area contributed by atoms with Crippen molar-refractivity contribution in [2.45, 2.75) is 13.0 Å². The Morgan fingerprint density at radius 2 is 2.14 bits per heavy atom. The number of nitrogens with zero attached hydrogens (tertiary/aromatic N) is 1. The maximum absolute atomic E-state index is 12.3. The molecule has 0 heterocycles. The largest absolute Gasteiger partial charge is 0.389 e. The Morgan fingerprint density at radius 1 is 1.43 bits per heavy atom. The lowest BCUT2D eigenvalue weighted by Gasteiger charge is -2.20. The van der Waals surface area contributed by atoms with Gasteiger partial charge in [-0.25, -0.2) is 0 Å². The van der Waals surface area contributed by atoms with Gasteiger partial charge < -0.3 is 19.8 Å². The molecule has 1 amide bonds. The van der Waals surface area contributed by atoms with E-state index in [1.165, 1.54) is 12.0 Å². The fraction of sp³-hybridized carbons (Fsp3) is 0.438. The first-order chi connectivity index (χ1) is 9.97. The van der Waals surface area contributed by atoms with Crippen LogP contribution in [0.1, 0.15) is 21.5 Å². The molecule has 1 aromatic rings. The standard InChI is InChI=1S/C16H21NO4/c1-12-7-13(5-4-6-18)9-14(8-12)16(20)17(2)10-15(19)11-21-3/h7-9,15,18-19H,6,10-11H2,1-3H3. The van der Waals surface area contributed by atoms with E-state index in [4.69, 9.17) is 9.84 Å². The summed E-state index contributed by atoms with van der Waals surface area (Å²) in [4.78, 5) is 13.8. The number of likely N-dealkylation sites (N-methyl/N-ethyl adjacent to an activating group) is 1. The number of amides is 1. The van der Waals surface area contributed by atoms with E-state index in [0.29, 0.717) is 11.1 Å². The van der Waals surface area contributed by atoms with Crippen molar-refractivity contribution in [1.29, 1.82) is 0 Å². The summed E-state index contributed by atoms with van der Waals surface area (Å²) in [6.45, 7) is 2.03. The Morgan fingerprint density at radius 3 is 2.76 bits per heavy atom. The van der Waals surface area contributed by atoms with Gasteiger partial charge in [-0.1, -0.05) is 11.8 Å². The van der Waals surface area contributed by atoms with Gasteiger partial charge in [0.25, 0.3) is 5.91 Å². The van der Waals surface area contributed by atoms with Crippen molar-refractivity contribution < 1.29 is 19.7 Å². The Hall–Kier alpha value is -1.87. The molecule has 0 aliphatic heterocycles. The van der Waals surface area contributed by atoms with Crippen molar-refractivity contribution in [3.05, 3.63) is 34.9 Å². The number of carbonyl (C=O) groups is 1. The van der Waals surface area contributed by atoms with E-state index in [1.54, 1.807) is 19.2 Å². The molecule has 0 bridgehead atoms. The molecule has 1 rings (SSSR count). The van der Waals surface area contributed by atoms with Gasteiger partial charge in [0, 0.05) is 31.8 Å². The molecule has 0 saturated carbocycles. The summed E-state index contributed by atoms with van der Waals surface area (Å²) in [5.74, 6) is 5.16. The van der Waals surface area contributed by atoms with Gasteiger partial charge in [0.2, 0.25) is 0 Å². The lowest BCUT2D eigenvalue weighted by Crippen LogP contribution is -2.36. The summed E-state index contributed by atoms with van der Waals surface area (Å²) < 4.78 is 4.84. The van der Waals surface area contributed by atoms with Gasteiger partial charge in [-0.2, -0.15) is 0 Å². The predicted molar refractivity (Wildman–Crippen MR) is 80.0 cm³/mol. The number of ether oxygens (including phenoxy) is 1. The zero-order chi connectivity index (χ0) is 15.8. The second-order valence-corrected chi connectivity index (χ2v) is 4.84. The van der Waals surface area contributed by atoms with Crippen molar-refractivity contribution in [2.24, 2.45) is 0 Å². The highest BCUT2D eigenvalue weighted by Crippen LogP contribution is 2.11. The van der Waals surface area contributed by atoms with Gasteiger partial charge in [0.15, 0.2) is 0 Å². The molecule has 5 heteroatoms. The molecule has 0 aliphatic rings. The van der Waals surface area contributed by atoms with Crippen LogP contribution in [0.15, 0.2) is 18.2 Å². The minimum absolute atomic E-state index is 0.179. The number of methoxy groups -OCH3 is 1. The first-order valence-corrected chi connectivity index (χ1v) is 6.61. The van der Waals surface area contributed by atoms with Crippen LogP contribution in [-0.2, 0) is 4.74 Å². The first-order valence-electron chi connectivity index (χ1n) is 6.61. The SMILES string of the molecule is COCC(O)CN(C)C(=O)c1cc(C)cc(C#CCO)c1. The first kappa shape index (κ1) is 17.2. The van der Waals surface area contributed by atoms with Crippen LogP contribution in [0.4, 0.5) is 0 Å². The molecule has 0 radical (unpaired) electrons. The summed E-state index contributed by atoms with van der Waals surface area (Å²) in [7, 11) is 3.13. The van der Waals surface area contributed by atoms with Crippen LogP contribution < -0.4 is 0 Å². The average molecular weight is 291 g/mol. The molecule has 21 heavy (non-hydrogen) atoms. The number of hydrogen-bond acceptors (Lipinski definition) is 4. The van der Waals surface area contributed by atoms with Crippen LogP contribution in [0.25, 0.3) is 0 Å². The molecule has 114 valence electrons. The van der Waals surface area contributed by atoms with Crippen molar-refractivity contribution in [3.8, 4) is 11.8 Å². The van der Waals surface area contributed by atoms with Crippen molar-refractivity contribution in [2.75, 3.05) is 33.9 Å². The van der Waals surface area contributed by atoms with Gasteiger partial charge in [0.1, 0.15) is 6.61 Å². The van der Waals surface area contributed by atoms with Crippen LogP contribution >= 0.6 is 0 Å². The summed E-state index contributed by atoms with van der Waals surface area (Å²) in [6, 6.07) is 5.29. The maximum Gasteiger partial charge on any atom is 0.253 e. The summed E-state index contributed by atoms with van der Waals surface area (Å²) in [5, 5.41) is 18.4. The van der Waals surface area contributed by atoms with Gasteiger partial charge in [-0.15, -0.1) is 0 Å². The van der Waals surface area contributed by atoms with E-state index in [1.807, 2.05) is 13.0 Å². The normalized spacial score (nSPS) is 11.5. The molecular formula is C16H21NO4. The highest BCUT2D eigenvalue weighted by atomic mass is 16.5. The molecule has 0 saturated heterocycles. The monoisotopic (exact) mass is 291 g/mol. The van der Waals surface area contributed by atoms with Crippen LogP contribution in [0.2, 0.25) is 0 Å². The molecular weight excluding hydrogens is 270 g/mol. The number of rotatable bonds is 5. The van der Waals surface area contributed by atoms with Gasteiger partial charge in [-0.05, 0) is 30.7 Å². The molecule has 2 N–H and O–H groups in total. The van der Waals surface area contributed by atoms with Gasteiger partial charge in [-0.3, -0.25) is 4.79 Å². The molecule has 1 aromatic carbocycles. The van der Waals surface area contributed by atoms with E-state index in [-0.39, 0.29) is 25.7 Å². The number of benzene rings is 1. The fourth-order valence-electron chi connectivity index (χ4n) is 1.98. The van der Waals surface area contributed by atoms with E-state index in [0.717, 1.165) is 5.56 Å². The summed E-state index contributed by atoms with van der Waals surface area (Å²) >= 11 is 0. The Kier molecular flexibility index (Phi) is 6.89. The highest BCUT2D eigenvalue weighted by molar-refractivity contribution is 5.94. The van der Waals surface area contributed by atoms with E-state index >= 15 is 0 Å². The summed E-state index contributed by atoms with van der Waals surface area (Å²) in [5.41, 5.74) is 2.09. The second-order valence-electron chi connectivity index (χ2n) is 4.84. The second kappa shape index (κ2) is 8.42. The Bertz CT molecular complexity index is 545. The molecule has 0 aliphatic carbocycles. The van der Waals surface area contributed by atoms with Crippen molar-refractivity contribution >= 4 is 5.91 Å². The number of carbonyl (C=O) groups excluding carboxylic acids is 1. The molecule has 1 unspecified atom stereocenters. The van der Waals surface area contributed by atoms with Crippen LogP contribution in [0, 0.1) is 18.8 Å². The number of hydrogen-bond donors (Lipinski definition) is 2. The van der Waals surface area contributed by atoms with Crippen LogP contribution in [-0.4, -0.2) is 61.0 Å². The van der Waals surface area contributed by atoms with E-state index in [2.05, 4.69) is 11.8 Å². The third kappa shape index (κ3) is 5.56. The molecule has 0 spiro atoms. The third-order valence-corrected chi connectivity index (χ3v) is 2.83.